The molecule has 1 unspecified atom stereocenters. The van der Waals surface area contributed by atoms with Gasteiger partial charge in [0.05, 0.1) is 6.04 Å². The van der Waals surface area contributed by atoms with Crippen LogP contribution in [0.1, 0.15) is 11.6 Å². The van der Waals surface area contributed by atoms with Crippen molar-refractivity contribution in [3.8, 4) is 5.75 Å². The van der Waals surface area contributed by atoms with Crippen molar-refractivity contribution in [1.82, 2.24) is 9.80 Å². The topological polar surface area (TPSA) is 32.8 Å². The predicted octanol–water partition coefficient (Wildman–Crippen LogP) is 3.31. The maximum Gasteiger partial charge on any atom is 0.415 e. The lowest BCUT2D eigenvalue weighted by Crippen LogP contribution is -2.50. The fourth-order valence-electron chi connectivity index (χ4n) is 2.77. The van der Waals surface area contributed by atoms with Crippen LogP contribution in [0.15, 0.2) is 54.6 Å². The molecule has 1 heterocycles. The monoisotopic (exact) mass is 314 g/mol. The van der Waals surface area contributed by atoms with Crippen molar-refractivity contribution in [2.24, 2.45) is 0 Å². The van der Waals surface area contributed by atoms with E-state index >= 15 is 0 Å². The average molecular weight is 314 g/mol. The molecule has 0 spiro atoms. The van der Waals surface area contributed by atoms with Gasteiger partial charge in [-0.05, 0) is 25.2 Å². The van der Waals surface area contributed by atoms with Gasteiger partial charge in [0.2, 0.25) is 0 Å². The van der Waals surface area contributed by atoms with E-state index in [2.05, 4.69) is 4.90 Å². The minimum atomic E-state index is -0.398. The first-order chi connectivity index (χ1) is 11.1. The molecule has 0 aliphatic carbocycles. The van der Waals surface area contributed by atoms with Gasteiger partial charge in [-0.15, -0.1) is 0 Å². The van der Waals surface area contributed by atoms with E-state index in [4.69, 9.17) is 4.74 Å². The Labute approximate surface area is 135 Å². The molecule has 0 saturated carbocycles. The molecule has 0 aromatic heterocycles. The summed E-state index contributed by atoms with van der Waals surface area (Å²) in [5.74, 6) is 0.265. The van der Waals surface area contributed by atoms with E-state index in [0.29, 0.717) is 30.9 Å². The molecule has 23 heavy (non-hydrogen) atoms. The first kappa shape index (κ1) is 15.5. The summed E-state index contributed by atoms with van der Waals surface area (Å²) in [6.45, 7) is 1.64. The number of benzene rings is 2. The molecule has 0 radical (unpaired) electrons. The second-order valence-electron chi connectivity index (χ2n) is 5.64. The molecule has 1 atom stereocenters. The van der Waals surface area contributed by atoms with E-state index in [1.54, 1.807) is 29.2 Å². The number of ether oxygens (including phenoxy) is 1. The van der Waals surface area contributed by atoms with Crippen molar-refractivity contribution >= 4 is 6.09 Å². The van der Waals surface area contributed by atoms with Crippen LogP contribution in [0.5, 0.6) is 5.75 Å². The summed E-state index contributed by atoms with van der Waals surface area (Å²) >= 11 is 0. The van der Waals surface area contributed by atoms with Gasteiger partial charge in [-0.25, -0.2) is 9.18 Å². The molecule has 1 aliphatic heterocycles. The van der Waals surface area contributed by atoms with Crippen LogP contribution in [-0.4, -0.2) is 42.6 Å². The van der Waals surface area contributed by atoms with Gasteiger partial charge in [0.15, 0.2) is 0 Å². The van der Waals surface area contributed by atoms with Gasteiger partial charge >= 0.3 is 6.09 Å². The molecule has 1 amide bonds. The highest BCUT2D eigenvalue weighted by molar-refractivity contribution is 5.70. The number of piperazine rings is 1. The number of amides is 1. The van der Waals surface area contributed by atoms with E-state index < -0.39 is 6.09 Å². The van der Waals surface area contributed by atoms with Crippen molar-refractivity contribution in [3.05, 3.63) is 66.0 Å². The molecular formula is C18H19FN2O2. The molecule has 2 aromatic carbocycles. The molecule has 0 bridgehead atoms. The molecule has 1 saturated heterocycles. The largest absolute Gasteiger partial charge is 0.415 e. The second kappa shape index (κ2) is 6.79. The van der Waals surface area contributed by atoms with E-state index in [9.17, 15) is 9.18 Å². The number of nitrogens with zero attached hydrogens (tertiary/aromatic N) is 2. The Morgan fingerprint density at radius 1 is 1.09 bits per heavy atom. The zero-order valence-corrected chi connectivity index (χ0v) is 13.0. The number of halogens is 1. The van der Waals surface area contributed by atoms with E-state index in [1.807, 2.05) is 31.3 Å². The lowest BCUT2D eigenvalue weighted by Gasteiger charge is -2.39. The molecule has 4 nitrogen and oxygen atoms in total. The summed E-state index contributed by atoms with van der Waals surface area (Å²) < 4.78 is 19.4. The fraction of sp³-hybridized carbons (Fsp3) is 0.278. The maximum atomic E-state index is 14.1. The number of hydrogen-bond acceptors (Lipinski definition) is 3. The van der Waals surface area contributed by atoms with Gasteiger partial charge in [0.1, 0.15) is 11.6 Å². The van der Waals surface area contributed by atoms with Crippen LogP contribution in [-0.2, 0) is 0 Å². The second-order valence-corrected chi connectivity index (χ2v) is 5.64. The summed E-state index contributed by atoms with van der Waals surface area (Å²) in [6.07, 6.45) is -0.398. The van der Waals surface area contributed by atoms with Gasteiger partial charge in [0, 0.05) is 25.2 Å². The number of para-hydroxylation sites is 1. The number of hydrogen-bond donors (Lipinski definition) is 0. The lowest BCUT2D eigenvalue weighted by atomic mass is 10.0. The maximum absolute atomic E-state index is 14.1. The zero-order valence-electron chi connectivity index (χ0n) is 13.0. The van der Waals surface area contributed by atoms with E-state index in [0.717, 1.165) is 0 Å². The molecule has 1 aliphatic rings. The Morgan fingerprint density at radius 2 is 1.78 bits per heavy atom. The predicted molar refractivity (Wildman–Crippen MR) is 85.8 cm³/mol. The highest BCUT2D eigenvalue weighted by atomic mass is 19.1. The molecule has 0 N–H and O–H groups in total. The number of likely N-dealkylation sites (N-methyl/N-ethyl adjacent to an activating group) is 1. The first-order valence-electron chi connectivity index (χ1n) is 7.61. The van der Waals surface area contributed by atoms with E-state index in [-0.39, 0.29) is 11.9 Å². The van der Waals surface area contributed by atoms with Gasteiger partial charge in [-0.1, -0.05) is 36.4 Å². The minimum absolute atomic E-state index is 0.173. The third-order valence-electron chi connectivity index (χ3n) is 4.12. The highest BCUT2D eigenvalue weighted by Crippen LogP contribution is 2.26. The Balaban J connectivity index is 1.73. The smallest absolute Gasteiger partial charge is 0.410 e. The van der Waals surface area contributed by atoms with Crippen LogP contribution in [0.3, 0.4) is 0 Å². The van der Waals surface area contributed by atoms with Gasteiger partial charge < -0.3 is 9.64 Å². The summed E-state index contributed by atoms with van der Waals surface area (Å²) in [4.78, 5) is 16.0. The van der Waals surface area contributed by atoms with Crippen LogP contribution < -0.4 is 4.74 Å². The van der Waals surface area contributed by atoms with Crippen molar-refractivity contribution in [2.45, 2.75) is 6.04 Å². The third kappa shape index (κ3) is 3.51. The van der Waals surface area contributed by atoms with Gasteiger partial charge in [0.25, 0.3) is 0 Å². The Kier molecular flexibility index (Phi) is 4.57. The fourth-order valence-corrected chi connectivity index (χ4v) is 2.77. The van der Waals surface area contributed by atoms with Gasteiger partial charge in [-0.2, -0.15) is 0 Å². The third-order valence-corrected chi connectivity index (χ3v) is 4.12. The average Bonchev–Trinajstić information content (AvgIpc) is 2.57. The Morgan fingerprint density at radius 3 is 2.52 bits per heavy atom. The summed E-state index contributed by atoms with van der Waals surface area (Å²) in [7, 11) is 1.94. The van der Waals surface area contributed by atoms with Crippen LogP contribution in [0.4, 0.5) is 9.18 Å². The van der Waals surface area contributed by atoms with Crippen LogP contribution in [0.2, 0.25) is 0 Å². The van der Waals surface area contributed by atoms with Gasteiger partial charge in [-0.3, -0.25) is 4.90 Å². The number of carbonyl (C=O) groups is 1. The SMILES string of the molecule is CN1CCN(C(=O)Oc2ccccc2)CC1c1ccccc1F. The van der Waals surface area contributed by atoms with Crippen molar-refractivity contribution in [2.75, 3.05) is 26.7 Å². The van der Waals surface area contributed by atoms with E-state index in [1.165, 1.54) is 6.07 Å². The molecule has 5 heteroatoms. The van der Waals surface area contributed by atoms with Crippen LogP contribution >= 0.6 is 0 Å². The van der Waals surface area contributed by atoms with Crippen LogP contribution in [0, 0.1) is 5.82 Å². The molecule has 120 valence electrons. The number of rotatable bonds is 2. The first-order valence-corrected chi connectivity index (χ1v) is 7.61. The summed E-state index contributed by atoms with van der Waals surface area (Å²) in [5, 5.41) is 0. The quantitative estimate of drug-likeness (QED) is 0.852. The normalized spacial score (nSPS) is 18.7. The van der Waals surface area contributed by atoms with Crippen molar-refractivity contribution < 1.29 is 13.9 Å². The Hall–Kier alpha value is -2.40. The Bertz CT molecular complexity index is 678. The summed E-state index contributed by atoms with van der Waals surface area (Å²) in [6, 6.07) is 15.5. The molecule has 1 fully saturated rings. The number of carbonyl (C=O) groups excluding carboxylic acids is 1. The van der Waals surface area contributed by atoms with Crippen molar-refractivity contribution in [1.29, 1.82) is 0 Å². The zero-order chi connectivity index (χ0) is 16.2. The summed E-state index contributed by atoms with van der Waals surface area (Å²) in [5.41, 5.74) is 0.604. The minimum Gasteiger partial charge on any atom is -0.410 e. The molecule has 2 aromatic rings. The lowest BCUT2D eigenvalue weighted by molar-refractivity contribution is 0.0860. The molecule has 3 rings (SSSR count). The van der Waals surface area contributed by atoms with Crippen molar-refractivity contribution in [3.63, 3.8) is 0 Å². The standard InChI is InChI=1S/C18H19FN2O2/c1-20-11-12-21(18(22)23-14-7-3-2-4-8-14)13-17(20)15-9-5-6-10-16(15)19/h2-10,17H,11-13H2,1H3. The molecular weight excluding hydrogens is 295 g/mol. The highest BCUT2D eigenvalue weighted by Gasteiger charge is 2.30. The van der Waals surface area contributed by atoms with Crippen LogP contribution in [0.25, 0.3) is 0 Å².